The van der Waals surface area contributed by atoms with E-state index in [1.165, 1.54) is 0 Å². The molecule has 2 aromatic carbocycles. The minimum Gasteiger partial charge on any atom is -0.322 e. The van der Waals surface area contributed by atoms with E-state index < -0.39 is 9.84 Å². The molecule has 0 saturated heterocycles. The zero-order valence-electron chi connectivity index (χ0n) is 15.3. The average molecular weight is 395 g/mol. The normalized spacial score (nSPS) is 14.9. The fourth-order valence-electron chi connectivity index (χ4n) is 3.51. The molecule has 1 fully saturated rings. The van der Waals surface area contributed by atoms with Crippen molar-refractivity contribution < 1.29 is 13.2 Å². The second-order valence-corrected chi connectivity index (χ2v) is 9.16. The minimum atomic E-state index is -3.28. The minimum absolute atomic E-state index is 0.251. The van der Waals surface area contributed by atoms with Crippen LogP contribution in [0.3, 0.4) is 0 Å². The number of benzene rings is 2. The lowest BCUT2D eigenvalue weighted by Gasteiger charge is -2.12. The van der Waals surface area contributed by atoms with E-state index in [1.807, 2.05) is 24.4 Å². The van der Waals surface area contributed by atoms with Gasteiger partial charge in [0.05, 0.1) is 15.8 Å². The summed E-state index contributed by atoms with van der Waals surface area (Å²) >= 11 is 0. The van der Waals surface area contributed by atoms with Gasteiger partial charge in [-0.2, -0.15) is 5.10 Å². The van der Waals surface area contributed by atoms with E-state index in [2.05, 4.69) is 10.4 Å². The number of amides is 1. The molecule has 1 aromatic heterocycles. The highest BCUT2D eigenvalue weighted by Crippen LogP contribution is 2.30. The van der Waals surface area contributed by atoms with Crippen LogP contribution in [0.4, 0.5) is 5.69 Å². The molecule has 6 nitrogen and oxygen atoms in total. The maximum Gasteiger partial charge on any atom is 0.255 e. The molecule has 1 aliphatic rings. The number of hydrogen-bond acceptors (Lipinski definition) is 4. The van der Waals surface area contributed by atoms with Crippen molar-refractivity contribution in [2.24, 2.45) is 0 Å². The predicted octanol–water partition coefficient (Wildman–Crippen LogP) is 3.84. The lowest BCUT2D eigenvalue weighted by Crippen LogP contribution is -2.18. The summed E-state index contributed by atoms with van der Waals surface area (Å²) in [5, 5.41) is 6.68. The summed E-state index contributed by atoms with van der Waals surface area (Å²) in [5.41, 5.74) is 1.94. The van der Waals surface area contributed by atoms with Crippen LogP contribution in [0.1, 0.15) is 36.0 Å². The Kier molecular flexibility index (Phi) is 5.00. The van der Waals surface area contributed by atoms with Gasteiger partial charge in [0, 0.05) is 23.6 Å². The fourth-order valence-corrected chi connectivity index (χ4v) is 5.36. The summed E-state index contributed by atoms with van der Waals surface area (Å²) in [6.07, 6.45) is 6.92. The Morgan fingerprint density at radius 3 is 2.29 bits per heavy atom. The van der Waals surface area contributed by atoms with Crippen LogP contribution in [0.2, 0.25) is 0 Å². The average Bonchev–Trinajstić information content (AvgIpc) is 3.43. The van der Waals surface area contributed by atoms with E-state index in [0.29, 0.717) is 16.1 Å². The Hall–Kier alpha value is -2.93. The quantitative estimate of drug-likeness (QED) is 0.712. The third-order valence-electron chi connectivity index (χ3n) is 5.08. The van der Waals surface area contributed by atoms with Gasteiger partial charge in [0.2, 0.25) is 0 Å². The fraction of sp³-hybridized carbons (Fsp3) is 0.238. The molecule has 28 heavy (non-hydrogen) atoms. The van der Waals surface area contributed by atoms with Gasteiger partial charge < -0.3 is 5.32 Å². The molecule has 0 atom stereocenters. The molecule has 0 radical (unpaired) electrons. The van der Waals surface area contributed by atoms with E-state index in [4.69, 9.17) is 0 Å². The first-order chi connectivity index (χ1) is 13.5. The monoisotopic (exact) mass is 395 g/mol. The van der Waals surface area contributed by atoms with Crippen molar-refractivity contribution >= 4 is 21.4 Å². The number of aromatic nitrogens is 2. The molecule has 0 unspecified atom stereocenters. The van der Waals surface area contributed by atoms with Crippen molar-refractivity contribution in [1.29, 1.82) is 0 Å². The highest BCUT2D eigenvalue weighted by Gasteiger charge is 2.30. The summed E-state index contributed by atoms with van der Waals surface area (Å²) in [5.74, 6) is -0.251. The SMILES string of the molecule is O=C(Nc1ccc(S(=O)(=O)C2CCCC2)cc1)c1ccc(-n2cccn2)cc1. The lowest BCUT2D eigenvalue weighted by atomic mass is 10.2. The second-order valence-electron chi connectivity index (χ2n) is 6.93. The molecule has 3 aromatic rings. The summed E-state index contributed by atoms with van der Waals surface area (Å²) < 4.78 is 27.0. The van der Waals surface area contributed by atoms with Crippen LogP contribution < -0.4 is 5.32 Å². The first-order valence-corrected chi connectivity index (χ1v) is 10.8. The van der Waals surface area contributed by atoms with Crippen LogP contribution in [0, 0.1) is 0 Å². The van der Waals surface area contributed by atoms with Crippen LogP contribution in [0.25, 0.3) is 5.69 Å². The molecule has 4 rings (SSSR count). The number of nitrogens with zero attached hydrogens (tertiary/aromatic N) is 2. The number of nitrogens with one attached hydrogen (secondary N) is 1. The van der Waals surface area contributed by atoms with Crippen molar-refractivity contribution in [2.45, 2.75) is 35.8 Å². The van der Waals surface area contributed by atoms with Gasteiger partial charge in [-0.25, -0.2) is 13.1 Å². The number of hydrogen-bond donors (Lipinski definition) is 1. The van der Waals surface area contributed by atoms with E-state index in [1.54, 1.807) is 47.3 Å². The number of carbonyl (C=O) groups is 1. The Morgan fingerprint density at radius 1 is 1.00 bits per heavy atom. The van der Waals surface area contributed by atoms with Gasteiger partial charge in [-0.05, 0) is 67.4 Å². The molecule has 1 N–H and O–H groups in total. The maximum absolute atomic E-state index is 12.6. The van der Waals surface area contributed by atoms with Crippen molar-refractivity contribution in [1.82, 2.24) is 9.78 Å². The van der Waals surface area contributed by atoms with E-state index in [9.17, 15) is 13.2 Å². The molecule has 0 bridgehead atoms. The second kappa shape index (κ2) is 7.59. The Morgan fingerprint density at radius 2 is 1.68 bits per heavy atom. The van der Waals surface area contributed by atoms with E-state index in [-0.39, 0.29) is 11.2 Å². The van der Waals surface area contributed by atoms with E-state index >= 15 is 0 Å². The van der Waals surface area contributed by atoms with Gasteiger partial charge in [0.15, 0.2) is 9.84 Å². The summed E-state index contributed by atoms with van der Waals surface area (Å²) in [6.45, 7) is 0. The summed E-state index contributed by atoms with van der Waals surface area (Å²) in [4.78, 5) is 12.8. The van der Waals surface area contributed by atoms with Crippen molar-refractivity contribution in [3.05, 3.63) is 72.6 Å². The van der Waals surface area contributed by atoms with Gasteiger partial charge in [0.25, 0.3) is 5.91 Å². The Balaban J connectivity index is 1.45. The first-order valence-electron chi connectivity index (χ1n) is 9.29. The van der Waals surface area contributed by atoms with Crippen LogP contribution in [0.15, 0.2) is 71.9 Å². The molecule has 144 valence electrons. The van der Waals surface area contributed by atoms with Crippen LogP contribution in [-0.2, 0) is 9.84 Å². The zero-order valence-corrected chi connectivity index (χ0v) is 16.1. The molecule has 1 amide bonds. The third-order valence-corrected chi connectivity index (χ3v) is 7.36. The zero-order chi connectivity index (χ0) is 19.6. The highest BCUT2D eigenvalue weighted by molar-refractivity contribution is 7.92. The number of rotatable bonds is 5. The smallest absolute Gasteiger partial charge is 0.255 e. The molecule has 7 heteroatoms. The van der Waals surface area contributed by atoms with Crippen molar-refractivity contribution in [3.8, 4) is 5.69 Å². The number of sulfone groups is 1. The molecule has 0 spiro atoms. The van der Waals surface area contributed by atoms with Crippen LogP contribution >= 0.6 is 0 Å². The first kappa shape index (κ1) is 18.4. The number of anilines is 1. The van der Waals surface area contributed by atoms with Gasteiger partial charge in [-0.3, -0.25) is 4.79 Å². The largest absolute Gasteiger partial charge is 0.322 e. The maximum atomic E-state index is 12.6. The van der Waals surface area contributed by atoms with Gasteiger partial charge in [-0.15, -0.1) is 0 Å². The van der Waals surface area contributed by atoms with Gasteiger partial charge in [0.1, 0.15) is 0 Å². The summed E-state index contributed by atoms with van der Waals surface area (Å²) in [7, 11) is -3.28. The van der Waals surface area contributed by atoms with Crippen molar-refractivity contribution in [3.63, 3.8) is 0 Å². The Bertz CT molecular complexity index is 1050. The van der Waals surface area contributed by atoms with Crippen LogP contribution in [0.5, 0.6) is 0 Å². The summed E-state index contributed by atoms with van der Waals surface area (Å²) in [6, 6.07) is 15.3. The van der Waals surface area contributed by atoms with Crippen LogP contribution in [-0.4, -0.2) is 29.4 Å². The van der Waals surface area contributed by atoms with Gasteiger partial charge in [-0.1, -0.05) is 12.8 Å². The Labute approximate surface area is 164 Å². The molecule has 0 aliphatic heterocycles. The molecule has 1 aliphatic carbocycles. The van der Waals surface area contributed by atoms with E-state index in [0.717, 1.165) is 31.4 Å². The standard InChI is InChI=1S/C21H21N3O3S/c25-21(16-6-10-18(11-7-16)24-15-3-14-22-24)23-17-8-12-20(13-9-17)28(26,27)19-4-1-2-5-19/h3,6-15,19H,1-2,4-5H2,(H,23,25). The van der Waals surface area contributed by atoms with Crippen molar-refractivity contribution in [2.75, 3.05) is 5.32 Å². The molecular weight excluding hydrogens is 374 g/mol. The molecule has 1 heterocycles. The highest BCUT2D eigenvalue weighted by atomic mass is 32.2. The molecular formula is C21H21N3O3S. The third kappa shape index (κ3) is 3.71. The lowest BCUT2D eigenvalue weighted by molar-refractivity contribution is 0.102. The predicted molar refractivity (Wildman–Crippen MR) is 107 cm³/mol. The van der Waals surface area contributed by atoms with Gasteiger partial charge >= 0.3 is 0 Å². The topological polar surface area (TPSA) is 81.1 Å². The molecule has 1 saturated carbocycles. The number of carbonyl (C=O) groups excluding carboxylic acids is 1.